The number of unbranched alkanes of at least 4 members (excludes halogenated alkanes) is 1. The van der Waals surface area contributed by atoms with Gasteiger partial charge in [-0.3, -0.25) is 4.79 Å². The van der Waals surface area contributed by atoms with Crippen LogP contribution >= 0.6 is 11.8 Å². The Morgan fingerprint density at radius 1 is 1.10 bits per heavy atom. The van der Waals surface area contributed by atoms with Crippen molar-refractivity contribution in [2.75, 3.05) is 20.8 Å². The van der Waals surface area contributed by atoms with Gasteiger partial charge < -0.3 is 19.5 Å². The summed E-state index contributed by atoms with van der Waals surface area (Å²) in [7, 11) is 3.13. The van der Waals surface area contributed by atoms with E-state index in [-0.39, 0.29) is 11.9 Å². The second-order valence-corrected chi connectivity index (χ2v) is 7.66. The molecule has 0 bridgehead atoms. The summed E-state index contributed by atoms with van der Waals surface area (Å²) >= 11 is 1.24. The van der Waals surface area contributed by atoms with Gasteiger partial charge in [0.1, 0.15) is 0 Å². The molecule has 0 radical (unpaired) electrons. The molecule has 1 aliphatic heterocycles. The zero-order valence-electron chi connectivity index (χ0n) is 17.6. The number of thioether (sulfide) groups is 1. The molecule has 1 saturated heterocycles. The van der Waals surface area contributed by atoms with Crippen LogP contribution in [0.15, 0.2) is 52.4 Å². The summed E-state index contributed by atoms with van der Waals surface area (Å²) < 4.78 is 15.7. The molecule has 0 aromatic heterocycles. The number of carbonyl (C=O) groups excluding carboxylic acids is 2. The van der Waals surface area contributed by atoms with Gasteiger partial charge in [0, 0.05) is 0 Å². The van der Waals surface area contributed by atoms with Gasteiger partial charge in [-0.15, -0.1) is 0 Å². The number of aliphatic imine (C=N–C) groups is 1. The number of carbonyl (C=O) groups is 2. The fourth-order valence-electron chi connectivity index (χ4n) is 2.76. The number of benzene rings is 2. The Kier molecular flexibility index (Phi) is 7.72. The van der Waals surface area contributed by atoms with Crippen molar-refractivity contribution < 1.29 is 23.8 Å². The van der Waals surface area contributed by atoms with Gasteiger partial charge >= 0.3 is 5.97 Å². The maximum absolute atomic E-state index is 12.3. The fourth-order valence-corrected chi connectivity index (χ4v) is 3.60. The number of nitrogens with one attached hydrogen (secondary N) is 1. The maximum Gasteiger partial charge on any atom is 0.338 e. The summed E-state index contributed by atoms with van der Waals surface area (Å²) in [4.78, 5) is 29.3. The second-order valence-electron chi connectivity index (χ2n) is 6.63. The average Bonchev–Trinajstić information content (AvgIpc) is 3.12. The molecule has 2 aromatic rings. The van der Waals surface area contributed by atoms with Gasteiger partial charge in [-0.2, -0.15) is 0 Å². The van der Waals surface area contributed by atoms with Gasteiger partial charge in [-0.05, 0) is 66.2 Å². The van der Waals surface area contributed by atoms with E-state index < -0.39 is 0 Å². The maximum atomic E-state index is 12.3. The Labute approximate surface area is 185 Å². The molecule has 1 aliphatic rings. The molecule has 0 unspecified atom stereocenters. The van der Waals surface area contributed by atoms with Crippen LogP contribution in [0.3, 0.4) is 0 Å². The van der Waals surface area contributed by atoms with Gasteiger partial charge in [0.25, 0.3) is 5.91 Å². The molecule has 8 heteroatoms. The molecule has 1 heterocycles. The Morgan fingerprint density at radius 2 is 1.84 bits per heavy atom. The lowest BCUT2D eigenvalue weighted by Gasteiger charge is -2.07. The molecule has 2 aromatic carbocycles. The first-order valence-electron chi connectivity index (χ1n) is 9.83. The standard InChI is InChI=1S/C23H24N2O5S/c1-4-5-12-30-22(27)16-7-9-17(10-8-16)24-23-25-21(26)20(31-23)14-15-6-11-18(28-2)19(13-15)29-3/h6-11,13-14H,4-5,12H2,1-3H3,(H,24,25,26)/b20-14-. The van der Waals surface area contributed by atoms with Crippen LogP contribution in [-0.4, -0.2) is 37.9 Å². The molecule has 31 heavy (non-hydrogen) atoms. The van der Waals surface area contributed by atoms with Crippen LogP contribution in [0.4, 0.5) is 5.69 Å². The number of rotatable bonds is 8. The molecule has 1 N–H and O–H groups in total. The monoisotopic (exact) mass is 440 g/mol. The van der Waals surface area contributed by atoms with Crippen molar-refractivity contribution in [1.82, 2.24) is 5.32 Å². The summed E-state index contributed by atoms with van der Waals surface area (Å²) in [5, 5.41) is 3.22. The molecule has 0 saturated carbocycles. The SMILES string of the molecule is CCCCOC(=O)c1ccc(N=C2NC(=O)/C(=C/c3ccc(OC)c(OC)c3)S2)cc1. The first-order chi connectivity index (χ1) is 15.0. The third-order valence-corrected chi connectivity index (χ3v) is 5.33. The Balaban J connectivity index is 1.69. The molecule has 0 atom stereocenters. The lowest BCUT2D eigenvalue weighted by atomic mass is 10.2. The molecule has 0 spiro atoms. The van der Waals surface area contributed by atoms with Crippen LogP contribution in [0.5, 0.6) is 11.5 Å². The van der Waals surface area contributed by atoms with Crippen LogP contribution in [0.1, 0.15) is 35.7 Å². The summed E-state index contributed by atoms with van der Waals surface area (Å²) in [5.74, 6) is 0.626. The van der Waals surface area contributed by atoms with Crippen molar-refractivity contribution in [3.63, 3.8) is 0 Å². The highest BCUT2D eigenvalue weighted by Crippen LogP contribution is 2.32. The number of ether oxygens (including phenoxy) is 3. The number of hydrogen-bond acceptors (Lipinski definition) is 7. The molecule has 3 rings (SSSR count). The minimum atomic E-state index is -0.351. The van der Waals surface area contributed by atoms with Crippen LogP contribution in [0.25, 0.3) is 6.08 Å². The number of amidine groups is 1. The molecular weight excluding hydrogens is 416 g/mol. The largest absolute Gasteiger partial charge is 0.493 e. The van der Waals surface area contributed by atoms with Crippen molar-refractivity contribution >= 4 is 40.6 Å². The van der Waals surface area contributed by atoms with E-state index in [0.29, 0.717) is 39.4 Å². The molecular formula is C23H24N2O5S. The van der Waals surface area contributed by atoms with Crippen molar-refractivity contribution in [2.24, 2.45) is 4.99 Å². The van der Waals surface area contributed by atoms with E-state index in [1.807, 2.05) is 13.0 Å². The predicted octanol–water partition coefficient (Wildman–Crippen LogP) is 4.55. The number of esters is 1. The van der Waals surface area contributed by atoms with Gasteiger partial charge in [0.05, 0.1) is 37.0 Å². The van der Waals surface area contributed by atoms with Crippen LogP contribution in [0, 0.1) is 0 Å². The number of amides is 1. The van der Waals surface area contributed by atoms with E-state index in [0.717, 1.165) is 18.4 Å². The third kappa shape index (κ3) is 5.88. The van der Waals surface area contributed by atoms with Gasteiger partial charge in [-0.25, -0.2) is 9.79 Å². The highest BCUT2D eigenvalue weighted by molar-refractivity contribution is 8.18. The van der Waals surface area contributed by atoms with Crippen LogP contribution < -0.4 is 14.8 Å². The zero-order valence-corrected chi connectivity index (χ0v) is 18.5. The quantitative estimate of drug-likeness (QED) is 0.368. The fraction of sp³-hybridized carbons (Fsp3) is 0.261. The Bertz CT molecular complexity index is 1020. The van der Waals surface area contributed by atoms with Gasteiger partial charge in [-0.1, -0.05) is 19.4 Å². The van der Waals surface area contributed by atoms with E-state index in [1.165, 1.54) is 11.8 Å². The lowest BCUT2D eigenvalue weighted by molar-refractivity contribution is -0.115. The van der Waals surface area contributed by atoms with Gasteiger partial charge in [0.2, 0.25) is 0 Å². The van der Waals surface area contributed by atoms with E-state index in [4.69, 9.17) is 14.2 Å². The lowest BCUT2D eigenvalue weighted by Crippen LogP contribution is -2.19. The van der Waals surface area contributed by atoms with Crippen molar-refractivity contribution in [1.29, 1.82) is 0 Å². The summed E-state index contributed by atoms with van der Waals surface area (Å²) in [6, 6.07) is 12.2. The normalized spacial score (nSPS) is 15.8. The highest BCUT2D eigenvalue weighted by Gasteiger charge is 2.24. The minimum absolute atomic E-state index is 0.227. The first kappa shape index (κ1) is 22.4. The molecule has 1 fully saturated rings. The molecule has 0 aliphatic carbocycles. The third-order valence-electron chi connectivity index (χ3n) is 4.42. The highest BCUT2D eigenvalue weighted by atomic mass is 32.2. The topological polar surface area (TPSA) is 86.2 Å². The summed E-state index contributed by atoms with van der Waals surface area (Å²) in [5.41, 5.74) is 1.90. The molecule has 162 valence electrons. The Morgan fingerprint density at radius 3 is 2.52 bits per heavy atom. The van der Waals surface area contributed by atoms with Gasteiger partial charge in [0.15, 0.2) is 16.7 Å². The Hall–Kier alpha value is -3.26. The van der Waals surface area contributed by atoms with E-state index >= 15 is 0 Å². The molecule has 7 nitrogen and oxygen atoms in total. The number of nitrogens with zero attached hydrogens (tertiary/aromatic N) is 1. The number of hydrogen-bond donors (Lipinski definition) is 1. The van der Waals surface area contributed by atoms with Crippen molar-refractivity contribution in [3.05, 3.63) is 58.5 Å². The molecule has 1 amide bonds. The minimum Gasteiger partial charge on any atom is -0.493 e. The van der Waals surface area contributed by atoms with E-state index in [1.54, 1.807) is 56.7 Å². The first-order valence-corrected chi connectivity index (χ1v) is 10.6. The van der Waals surface area contributed by atoms with Crippen LogP contribution in [0.2, 0.25) is 0 Å². The smallest absolute Gasteiger partial charge is 0.338 e. The summed E-state index contributed by atoms with van der Waals surface area (Å²) in [6.07, 6.45) is 3.57. The zero-order chi connectivity index (χ0) is 22.2. The van der Waals surface area contributed by atoms with E-state index in [9.17, 15) is 9.59 Å². The average molecular weight is 441 g/mol. The second kappa shape index (κ2) is 10.7. The number of methoxy groups -OCH3 is 2. The predicted molar refractivity (Wildman–Crippen MR) is 122 cm³/mol. The van der Waals surface area contributed by atoms with Crippen molar-refractivity contribution in [3.8, 4) is 11.5 Å². The van der Waals surface area contributed by atoms with Crippen LogP contribution in [-0.2, 0) is 9.53 Å². The van der Waals surface area contributed by atoms with Crippen molar-refractivity contribution in [2.45, 2.75) is 19.8 Å². The van der Waals surface area contributed by atoms with E-state index in [2.05, 4.69) is 10.3 Å². The summed E-state index contributed by atoms with van der Waals surface area (Å²) in [6.45, 7) is 2.45.